The highest BCUT2D eigenvalue weighted by Gasteiger charge is 2.26. The van der Waals surface area contributed by atoms with Gasteiger partial charge in [0.05, 0.1) is 13.7 Å². The van der Waals surface area contributed by atoms with Gasteiger partial charge in [-0.25, -0.2) is 0 Å². The predicted octanol–water partition coefficient (Wildman–Crippen LogP) is 3.18. The molecule has 0 amide bonds. The van der Waals surface area contributed by atoms with Crippen LogP contribution in [0.3, 0.4) is 0 Å². The van der Waals surface area contributed by atoms with E-state index in [1.807, 2.05) is 37.3 Å². The molecule has 1 N–H and O–H groups in total. The lowest BCUT2D eigenvalue weighted by molar-refractivity contribution is 0.0547. The molecule has 1 aromatic heterocycles. The van der Waals surface area contributed by atoms with Crippen LogP contribution in [0.15, 0.2) is 46.9 Å². The average Bonchev–Trinajstić information content (AvgIpc) is 3.09. The van der Waals surface area contributed by atoms with Gasteiger partial charge in [0.1, 0.15) is 17.3 Å². The van der Waals surface area contributed by atoms with E-state index < -0.39 is 0 Å². The quantitative estimate of drug-likeness (QED) is 0.773. The van der Waals surface area contributed by atoms with Crippen LogP contribution in [0.4, 0.5) is 0 Å². The largest absolute Gasteiger partial charge is 0.496 e. The Labute approximate surface area is 161 Å². The third-order valence-corrected chi connectivity index (χ3v) is 5.11. The number of nitrogens with zero attached hydrogens (tertiary/aromatic N) is 2. The normalized spacial score (nSPS) is 19.0. The first-order chi connectivity index (χ1) is 13.2. The van der Waals surface area contributed by atoms with E-state index in [4.69, 9.17) is 9.15 Å². The van der Waals surface area contributed by atoms with E-state index in [0.717, 1.165) is 62.0 Å². The number of aryl methyl sites for hydroxylation is 1. The van der Waals surface area contributed by atoms with Gasteiger partial charge >= 0.3 is 0 Å². The van der Waals surface area contributed by atoms with Crippen LogP contribution in [-0.2, 0) is 6.54 Å². The van der Waals surface area contributed by atoms with Crippen LogP contribution >= 0.6 is 0 Å². The Balaban J connectivity index is 1.56. The van der Waals surface area contributed by atoms with Crippen molar-refractivity contribution in [3.63, 3.8) is 0 Å². The van der Waals surface area contributed by atoms with Gasteiger partial charge in [-0.05, 0) is 31.5 Å². The van der Waals surface area contributed by atoms with Crippen LogP contribution in [0.1, 0.15) is 23.5 Å². The van der Waals surface area contributed by atoms with Crippen molar-refractivity contribution in [1.82, 2.24) is 9.80 Å². The number of benzene rings is 1. The van der Waals surface area contributed by atoms with Crippen molar-refractivity contribution in [2.24, 2.45) is 0 Å². The van der Waals surface area contributed by atoms with Crippen molar-refractivity contribution in [2.45, 2.75) is 25.9 Å². The van der Waals surface area contributed by atoms with Crippen molar-refractivity contribution in [1.29, 1.82) is 0 Å². The Hall–Kier alpha value is -2.08. The standard InChI is InChI=1S/C22H30N2O3/c1-18-9-10-21(27-18)17-24-14-13-23(16-20(24)11-15-25)12-5-7-19-6-3-4-8-22(19)26-2/h3-10,20,25H,11-17H2,1-2H3/b7-5+/t20-/m1/s1. The molecule has 0 bridgehead atoms. The van der Waals surface area contributed by atoms with E-state index in [2.05, 4.69) is 28.0 Å². The van der Waals surface area contributed by atoms with Gasteiger partial charge in [0.25, 0.3) is 0 Å². The zero-order valence-corrected chi connectivity index (χ0v) is 16.3. The average molecular weight is 370 g/mol. The summed E-state index contributed by atoms with van der Waals surface area (Å²) in [7, 11) is 1.70. The topological polar surface area (TPSA) is 49.1 Å². The van der Waals surface area contributed by atoms with E-state index >= 15 is 0 Å². The number of piperazine rings is 1. The minimum atomic E-state index is 0.212. The maximum absolute atomic E-state index is 9.48. The van der Waals surface area contributed by atoms with Crippen LogP contribution in [-0.4, -0.2) is 60.8 Å². The molecular weight excluding hydrogens is 340 g/mol. The number of methoxy groups -OCH3 is 1. The van der Waals surface area contributed by atoms with E-state index in [1.54, 1.807) is 7.11 Å². The molecule has 0 saturated carbocycles. The van der Waals surface area contributed by atoms with E-state index in [-0.39, 0.29) is 6.61 Å². The fraction of sp³-hybridized carbons (Fsp3) is 0.455. The molecule has 0 spiro atoms. The number of aliphatic hydroxyl groups excluding tert-OH is 1. The first-order valence-corrected chi connectivity index (χ1v) is 9.61. The number of rotatable bonds is 8. The number of hydrogen-bond donors (Lipinski definition) is 1. The maximum Gasteiger partial charge on any atom is 0.126 e. The molecule has 0 radical (unpaired) electrons. The molecule has 1 aliphatic rings. The minimum absolute atomic E-state index is 0.212. The predicted molar refractivity (Wildman–Crippen MR) is 108 cm³/mol. The monoisotopic (exact) mass is 370 g/mol. The van der Waals surface area contributed by atoms with Gasteiger partial charge in [-0.1, -0.05) is 30.4 Å². The summed E-state index contributed by atoms with van der Waals surface area (Å²) in [4.78, 5) is 4.87. The zero-order valence-electron chi connectivity index (χ0n) is 16.3. The summed E-state index contributed by atoms with van der Waals surface area (Å²) in [5.41, 5.74) is 1.10. The highest BCUT2D eigenvalue weighted by atomic mass is 16.5. The van der Waals surface area contributed by atoms with Crippen LogP contribution in [0, 0.1) is 6.92 Å². The lowest BCUT2D eigenvalue weighted by atomic mass is 10.1. The highest BCUT2D eigenvalue weighted by molar-refractivity contribution is 5.57. The SMILES string of the molecule is COc1ccccc1/C=C/CN1CCN(Cc2ccc(C)o2)[C@H](CCO)C1. The zero-order chi connectivity index (χ0) is 19.1. The van der Waals surface area contributed by atoms with Crippen molar-refractivity contribution in [3.05, 3.63) is 59.6 Å². The summed E-state index contributed by atoms with van der Waals surface area (Å²) in [5, 5.41) is 9.48. The summed E-state index contributed by atoms with van der Waals surface area (Å²) in [6, 6.07) is 12.4. The molecule has 5 nitrogen and oxygen atoms in total. The molecule has 1 aromatic carbocycles. The van der Waals surface area contributed by atoms with Gasteiger partial charge in [0.2, 0.25) is 0 Å². The van der Waals surface area contributed by atoms with Gasteiger partial charge in [-0.2, -0.15) is 0 Å². The Morgan fingerprint density at radius 2 is 2.07 bits per heavy atom. The Morgan fingerprint density at radius 3 is 2.81 bits per heavy atom. The highest BCUT2D eigenvalue weighted by Crippen LogP contribution is 2.20. The van der Waals surface area contributed by atoms with Crippen molar-refractivity contribution in [3.8, 4) is 5.75 Å². The first kappa shape index (κ1) is 19.7. The fourth-order valence-electron chi connectivity index (χ4n) is 3.66. The maximum atomic E-state index is 9.48. The lowest BCUT2D eigenvalue weighted by Gasteiger charge is -2.40. The van der Waals surface area contributed by atoms with Crippen molar-refractivity contribution < 1.29 is 14.3 Å². The Kier molecular flexibility index (Phi) is 7.10. The number of hydrogen-bond acceptors (Lipinski definition) is 5. The molecule has 0 aliphatic carbocycles. The number of furan rings is 1. The second kappa shape index (κ2) is 9.74. The summed E-state index contributed by atoms with van der Waals surface area (Å²) >= 11 is 0. The van der Waals surface area contributed by atoms with Crippen LogP contribution in [0.25, 0.3) is 6.08 Å². The minimum Gasteiger partial charge on any atom is -0.496 e. The molecule has 146 valence electrons. The van der Waals surface area contributed by atoms with E-state index in [0.29, 0.717) is 6.04 Å². The Bertz CT molecular complexity index is 741. The molecule has 2 aromatic rings. The van der Waals surface area contributed by atoms with Crippen LogP contribution < -0.4 is 4.74 Å². The molecule has 1 fully saturated rings. The lowest BCUT2D eigenvalue weighted by Crippen LogP contribution is -2.52. The van der Waals surface area contributed by atoms with Crippen LogP contribution in [0.2, 0.25) is 0 Å². The molecule has 1 atom stereocenters. The van der Waals surface area contributed by atoms with Crippen molar-refractivity contribution in [2.75, 3.05) is 39.9 Å². The van der Waals surface area contributed by atoms with Crippen LogP contribution in [0.5, 0.6) is 5.75 Å². The van der Waals surface area contributed by atoms with E-state index in [9.17, 15) is 5.11 Å². The Morgan fingerprint density at radius 1 is 1.22 bits per heavy atom. The third-order valence-electron chi connectivity index (χ3n) is 5.11. The van der Waals surface area contributed by atoms with E-state index in [1.165, 1.54) is 0 Å². The molecule has 5 heteroatoms. The number of aliphatic hydroxyl groups is 1. The molecule has 2 heterocycles. The smallest absolute Gasteiger partial charge is 0.126 e. The summed E-state index contributed by atoms with van der Waals surface area (Å²) in [6.07, 6.45) is 5.10. The van der Waals surface area contributed by atoms with Gasteiger partial charge in [0.15, 0.2) is 0 Å². The summed E-state index contributed by atoms with van der Waals surface area (Å²) < 4.78 is 11.1. The first-order valence-electron chi connectivity index (χ1n) is 9.61. The summed E-state index contributed by atoms with van der Waals surface area (Å²) in [6.45, 7) is 6.84. The number of ether oxygens (including phenoxy) is 1. The second-order valence-corrected chi connectivity index (χ2v) is 7.05. The molecule has 1 aliphatic heterocycles. The van der Waals surface area contributed by atoms with Gasteiger partial charge in [-0.15, -0.1) is 0 Å². The summed E-state index contributed by atoms with van der Waals surface area (Å²) in [5.74, 6) is 2.84. The number of para-hydroxylation sites is 1. The second-order valence-electron chi connectivity index (χ2n) is 7.05. The fourth-order valence-corrected chi connectivity index (χ4v) is 3.66. The van der Waals surface area contributed by atoms with Gasteiger partial charge < -0.3 is 14.3 Å². The van der Waals surface area contributed by atoms with Gasteiger partial charge in [0, 0.05) is 44.4 Å². The molecular formula is C22H30N2O3. The molecule has 0 unspecified atom stereocenters. The van der Waals surface area contributed by atoms with Gasteiger partial charge in [-0.3, -0.25) is 9.80 Å². The molecule has 3 rings (SSSR count). The molecule has 1 saturated heterocycles. The third kappa shape index (κ3) is 5.45. The van der Waals surface area contributed by atoms with Crippen molar-refractivity contribution >= 4 is 6.08 Å². The molecule has 27 heavy (non-hydrogen) atoms.